The molecule has 0 bridgehead atoms. The van der Waals surface area contributed by atoms with Crippen LogP contribution < -0.4 is 9.46 Å². The first-order chi connectivity index (χ1) is 12.2. The molecular formula is C18H13F2N2O3S-. The average molecular weight is 375 g/mol. The van der Waals surface area contributed by atoms with Crippen LogP contribution in [0.2, 0.25) is 0 Å². The molecule has 1 unspecified atom stereocenters. The van der Waals surface area contributed by atoms with E-state index in [2.05, 4.69) is 10.8 Å². The number of nitriles is 1. The fraction of sp³-hybridized carbons (Fsp3) is 0.167. The van der Waals surface area contributed by atoms with Crippen molar-refractivity contribution in [2.75, 3.05) is 4.72 Å². The van der Waals surface area contributed by atoms with Crippen molar-refractivity contribution in [3.8, 4) is 11.8 Å². The first-order valence-corrected chi connectivity index (χ1v) is 8.60. The molecule has 3 rings (SSSR count). The van der Waals surface area contributed by atoms with Gasteiger partial charge in [-0.2, -0.15) is 5.26 Å². The fourth-order valence-electron chi connectivity index (χ4n) is 2.91. The third kappa shape index (κ3) is 3.19. The molecule has 0 amide bonds. The third-order valence-corrected chi connectivity index (χ3v) is 4.37. The second kappa shape index (κ2) is 6.52. The number of ether oxygens (including phenoxy) is 1. The monoisotopic (exact) mass is 375 g/mol. The molecule has 2 aromatic rings. The van der Waals surface area contributed by atoms with E-state index < -0.39 is 28.5 Å². The first-order valence-electron chi connectivity index (χ1n) is 7.52. The summed E-state index contributed by atoms with van der Waals surface area (Å²) in [6.07, 6.45) is 0. The minimum atomic E-state index is -2.63. The van der Waals surface area contributed by atoms with Gasteiger partial charge in [-0.15, -0.1) is 0 Å². The van der Waals surface area contributed by atoms with Crippen LogP contribution in [0, 0.1) is 23.0 Å². The number of benzene rings is 2. The Morgan fingerprint density at radius 2 is 1.88 bits per heavy atom. The summed E-state index contributed by atoms with van der Waals surface area (Å²) < 4.78 is 57.6. The Kier molecular flexibility index (Phi) is 4.52. The van der Waals surface area contributed by atoms with Crippen molar-refractivity contribution in [1.29, 1.82) is 5.26 Å². The van der Waals surface area contributed by atoms with E-state index in [1.54, 1.807) is 13.8 Å². The number of nitrogens with zero attached hydrogens (tertiary/aromatic N) is 1. The van der Waals surface area contributed by atoms with Gasteiger partial charge in [0.05, 0.1) is 22.9 Å². The second-order valence-electron chi connectivity index (χ2n) is 6.15. The Morgan fingerprint density at radius 3 is 2.46 bits per heavy atom. The summed E-state index contributed by atoms with van der Waals surface area (Å²) in [5, 5.41) is 9.62. The van der Waals surface area contributed by atoms with E-state index in [0.29, 0.717) is 5.56 Å². The van der Waals surface area contributed by atoms with Crippen LogP contribution in [0.3, 0.4) is 0 Å². The van der Waals surface area contributed by atoms with Gasteiger partial charge in [-0.25, -0.2) is 8.78 Å². The van der Waals surface area contributed by atoms with Gasteiger partial charge in [-0.1, -0.05) is 12.1 Å². The minimum absolute atomic E-state index is 0.00996. The summed E-state index contributed by atoms with van der Waals surface area (Å²) >= 11 is -2.63. The molecule has 2 aromatic carbocycles. The number of nitrogens with one attached hydrogen (secondary N) is 1. The number of fused-ring (bicyclic) bond motifs is 1. The standard InChI is InChI=1S/C18H14F2N2O3S/c1-18(2)13(9-21)16(10-3-5-11(19)6-4-10)17-14(20)7-12(22-26(23)24)8-15(17)25-18/h3-8,22H,1-2H3,(H,23,24)/p-1. The van der Waals surface area contributed by atoms with Crippen LogP contribution in [0.25, 0.3) is 5.57 Å². The van der Waals surface area contributed by atoms with E-state index >= 15 is 0 Å². The lowest BCUT2D eigenvalue weighted by atomic mass is 9.83. The number of hydrogen-bond donors (Lipinski definition) is 1. The van der Waals surface area contributed by atoms with Gasteiger partial charge >= 0.3 is 0 Å². The Bertz CT molecular complexity index is 979. The molecule has 0 saturated carbocycles. The first kappa shape index (κ1) is 18.0. The highest BCUT2D eigenvalue weighted by Gasteiger charge is 2.37. The molecule has 0 spiro atoms. The van der Waals surface area contributed by atoms with Crippen LogP contribution in [0.15, 0.2) is 42.0 Å². The van der Waals surface area contributed by atoms with Crippen molar-refractivity contribution in [1.82, 2.24) is 0 Å². The van der Waals surface area contributed by atoms with Gasteiger partial charge in [0.25, 0.3) is 0 Å². The summed E-state index contributed by atoms with van der Waals surface area (Å²) in [5.41, 5.74) is -0.158. The summed E-state index contributed by atoms with van der Waals surface area (Å²) in [6, 6.07) is 9.72. The topological polar surface area (TPSA) is 85.2 Å². The van der Waals surface area contributed by atoms with Gasteiger partial charge in [-0.3, -0.25) is 4.21 Å². The molecule has 8 heteroatoms. The molecule has 0 fully saturated rings. The van der Waals surface area contributed by atoms with Crippen LogP contribution in [0.4, 0.5) is 14.5 Å². The predicted octanol–water partition coefficient (Wildman–Crippen LogP) is 3.67. The zero-order valence-electron chi connectivity index (χ0n) is 13.8. The molecule has 0 aromatic heterocycles. The molecule has 5 nitrogen and oxygen atoms in total. The Labute approximate surface area is 151 Å². The zero-order chi connectivity index (χ0) is 19.1. The quantitative estimate of drug-likeness (QED) is 0.830. The van der Waals surface area contributed by atoms with E-state index in [0.717, 1.165) is 6.07 Å². The summed E-state index contributed by atoms with van der Waals surface area (Å²) in [7, 11) is 0. The Hall–Kier alpha value is -2.76. The normalized spacial score (nSPS) is 16.3. The molecule has 134 valence electrons. The van der Waals surface area contributed by atoms with E-state index in [4.69, 9.17) is 4.74 Å². The lowest BCUT2D eigenvalue weighted by Gasteiger charge is -2.34. The molecule has 0 saturated heterocycles. The van der Waals surface area contributed by atoms with Gasteiger partial charge < -0.3 is 14.0 Å². The number of anilines is 1. The molecule has 26 heavy (non-hydrogen) atoms. The molecule has 0 radical (unpaired) electrons. The zero-order valence-corrected chi connectivity index (χ0v) is 14.6. The smallest absolute Gasteiger partial charge is 0.139 e. The maximum Gasteiger partial charge on any atom is 0.139 e. The maximum atomic E-state index is 14.8. The summed E-state index contributed by atoms with van der Waals surface area (Å²) in [5.74, 6) is -1.14. The van der Waals surface area contributed by atoms with Crippen molar-refractivity contribution in [2.24, 2.45) is 0 Å². The van der Waals surface area contributed by atoms with Crippen molar-refractivity contribution >= 4 is 22.5 Å². The van der Waals surface area contributed by atoms with Gasteiger partial charge in [0.15, 0.2) is 0 Å². The maximum absolute atomic E-state index is 14.8. The molecule has 0 aliphatic carbocycles. The Balaban J connectivity index is 2.30. The summed E-state index contributed by atoms with van der Waals surface area (Å²) in [4.78, 5) is 0. The lowest BCUT2D eigenvalue weighted by molar-refractivity contribution is 0.149. The van der Waals surface area contributed by atoms with Crippen molar-refractivity contribution in [3.05, 3.63) is 64.7 Å². The van der Waals surface area contributed by atoms with Gasteiger partial charge in [-0.05, 0) is 37.6 Å². The summed E-state index contributed by atoms with van der Waals surface area (Å²) in [6.45, 7) is 3.28. The van der Waals surface area contributed by atoms with Gasteiger partial charge in [0.2, 0.25) is 0 Å². The van der Waals surface area contributed by atoms with Crippen LogP contribution in [-0.4, -0.2) is 14.4 Å². The van der Waals surface area contributed by atoms with E-state index in [1.807, 2.05) is 0 Å². The predicted molar refractivity (Wildman–Crippen MR) is 91.7 cm³/mol. The fourth-order valence-corrected chi connectivity index (χ4v) is 3.22. The van der Waals surface area contributed by atoms with Gasteiger partial charge in [0.1, 0.15) is 23.0 Å². The molecule has 1 aliphatic heterocycles. The highest BCUT2D eigenvalue weighted by molar-refractivity contribution is 7.80. The van der Waals surface area contributed by atoms with E-state index in [9.17, 15) is 22.8 Å². The van der Waals surface area contributed by atoms with Crippen molar-refractivity contribution < 1.29 is 22.3 Å². The van der Waals surface area contributed by atoms with E-state index in [-0.39, 0.29) is 28.1 Å². The molecular weight excluding hydrogens is 362 g/mol. The Morgan fingerprint density at radius 1 is 1.23 bits per heavy atom. The van der Waals surface area contributed by atoms with Crippen LogP contribution >= 0.6 is 0 Å². The second-order valence-corrected chi connectivity index (χ2v) is 6.82. The highest BCUT2D eigenvalue weighted by atomic mass is 32.2. The molecule has 1 heterocycles. The lowest BCUT2D eigenvalue weighted by Crippen LogP contribution is -2.34. The average Bonchev–Trinajstić information content (AvgIpc) is 2.52. The molecule has 1 atom stereocenters. The van der Waals surface area contributed by atoms with Crippen molar-refractivity contribution in [3.63, 3.8) is 0 Å². The van der Waals surface area contributed by atoms with Crippen LogP contribution in [0.1, 0.15) is 25.0 Å². The van der Waals surface area contributed by atoms with E-state index in [1.165, 1.54) is 30.3 Å². The largest absolute Gasteiger partial charge is 0.755 e. The third-order valence-electron chi connectivity index (χ3n) is 3.97. The van der Waals surface area contributed by atoms with Crippen LogP contribution in [-0.2, 0) is 11.3 Å². The highest BCUT2D eigenvalue weighted by Crippen LogP contribution is 2.46. The van der Waals surface area contributed by atoms with Crippen molar-refractivity contribution in [2.45, 2.75) is 19.4 Å². The molecule has 1 aliphatic rings. The number of hydrogen-bond acceptors (Lipinski definition) is 4. The SMILES string of the molecule is CC1(C)Oc2cc(NS(=O)[O-])cc(F)c2C(c2ccc(F)cc2)=C1C#N. The van der Waals surface area contributed by atoms with Crippen LogP contribution in [0.5, 0.6) is 5.75 Å². The molecule has 1 N–H and O–H groups in total. The minimum Gasteiger partial charge on any atom is -0.755 e. The number of halogens is 2. The number of rotatable bonds is 3. The van der Waals surface area contributed by atoms with Gasteiger partial charge in [0, 0.05) is 22.9 Å².